The molecule has 3 nitrogen and oxygen atoms in total. The van der Waals surface area contributed by atoms with E-state index in [1.165, 1.54) is 7.11 Å². The van der Waals surface area contributed by atoms with Gasteiger partial charge in [0.1, 0.15) is 0 Å². The lowest BCUT2D eigenvalue weighted by Gasteiger charge is -2.24. The van der Waals surface area contributed by atoms with Gasteiger partial charge in [-0.25, -0.2) is 4.39 Å². The molecule has 0 aromatic carbocycles. The summed E-state index contributed by atoms with van der Waals surface area (Å²) in [6.45, 7) is 6.69. The number of halogens is 1. The second kappa shape index (κ2) is 7.79. The van der Waals surface area contributed by atoms with Crippen LogP contribution >= 0.6 is 0 Å². The molecule has 0 aromatic rings. The first-order chi connectivity index (χ1) is 7.06. The summed E-state index contributed by atoms with van der Waals surface area (Å²) in [6.07, 6.45) is 0.871. The lowest BCUT2D eigenvalue weighted by molar-refractivity contribution is -0.0109. The maximum absolute atomic E-state index is 14.1. The molecule has 4 heteroatoms. The van der Waals surface area contributed by atoms with Crippen molar-refractivity contribution in [2.45, 2.75) is 19.0 Å². The fraction of sp³-hybridized carbons (Fsp3) is 0.818. The van der Waals surface area contributed by atoms with Crippen molar-refractivity contribution in [1.82, 2.24) is 5.32 Å². The summed E-state index contributed by atoms with van der Waals surface area (Å²) in [6, 6.07) is 0. The molecule has 0 heterocycles. The molecule has 0 radical (unpaired) electrons. The van der Waals surface area contributed by atoms with Gasteiger partial charge in [-0.05, 0) is 32.5 Å². The fourth-order valence-corrected chi connectivity index (χ4v) is 1.10. The van der Waals surface area contributed by atoms with Crippen LogP contribution in [-0.4, -0.2) is 46.2 Å². The summed E-state index contributed by atoms with van der Waals surface area (Å²) in [5.74, 6) is 0. The van der Waals surface area contributed by atoms with Crippen LogP contribution in [0, 0.1) is 0 Å². The molecule has 1 N–H and O–H groups in total. The van der Waals surface area contributed by atoms with Gasteiger partial charge in [0.15, 0.2) is 5.67 Å². The Kier molecular flexibility index (Phi) is 7.56. The van der Waals surface area contributed by atoms with Crippen LogP contribution in [0.15, 0.2) is 12.2 Å². The van der Waals surface area contributed by atoms with Crippen LogP contribution in [0.4, 0.5) is 4.39 Å². The molecule has 15 heavy (non-hydrogen) atoms. The number of alkyl halides is 1. The molecule has 0 bridgehead atoms. The molecule has 1 atom stereocenters. The zero-order chi connectivity index (χ0) is 11.7. The van der Waals surface area contributed by atoms with Crippen LogP contribution in [0.5, 0.6) is 0 Å². The minimum Gasteiger partial charge on any atom is -0.381 e. The SMILES string of the molecule is C=C(C)C(F)(COC)COCCCNC. The van der Waals surface area contributed by atoms with Gasteiger partial charge in [-0.3, -0.25) is 0 Å². The van der Waals surface area contributed by atoms with Crippen molar-refractivity contribution < 1.29 is 13.9 Å². The Bertz CT molecular complexity index is 187. The molecular formula is C11H22FNO2. The molecule has 0 amide bonds. The molecule has 1 unspecified atom stereocenters. The van der Waals surface area contributed by atoms with E-state index in [1.807, 2.05) is 7.05 Å². The Labute approximate surface area is 91.6 Å². The monoisotopic (exact) mass is 219 g/mol. The number of methoxy groups -OCH3 is 1. The van der Waals surface area contributed by atoms with Gasteiger partial charge < -0.3 is 14.8 Å². The summed E-state index contributed by atoms with van der Waals surface area (Å²) in [4.78, 5) is 0. The van der Waals surface area contributed by atoms with Gasteiger partial charge >= 0.3 is 0 Å². The molecular weight excluding hydrogens is 197 g/mol. The highest BCUT2D eigenvalue weighted by Gasteiger charge is 2.31. The van der Waals surface area contributed by atoms with E-state index >= 15 is 0 Å². The topological polar surface area (TPSA) is 30.5 Å². The minimum absolute atomic E-state index is 0.00559. The van der Waals surface area contributed by atoms with Crippen LogP contribution in [0.25, 0.3) is 0 Å². The van der Waals surface area contributed by atoms with E-state index < -0.39 is 5.67 Å². The van der Waals surface area contributed by atoms with Crippen LogP contribution < -0.4 is 5.32 Å². The summed E-state index contributed by atoms with van der Waals surface area (Å²) in [5.41, 5.74) is -1.12. The molecule has 0 spiro atoms. The molecule has 90 valence electrons. The average molecular weight is 219 g/mol. The predicted molar refractivity (Wildman–Crippen MR) is 59.9 cm³/mol. The Hall–Kier alpha value is -0.450. The van der Waals surface area contributed by atoms with E-state index in [0.717, 1.165) is 13.0 Å². The molecule has 0 aliphatic rings. The van der Waals surface area contributed by atoms with E-state index in [4.69, 9.17) is 9.47 Å². The van der Waals surface area contributed by atoms with Gasteiger partial charge in [0, 0.05) is 13.7 Å². The molecule has 0 aliphatic carbocycles. The standard InChI is InChI=1S/C11H22FNO2/c1-10(2)11(12,8-14-4)9-15-7-5-6-13-3/h13H,1,5-9H2,2-4H3. The van der Waals surface area contributed by atoms with Gasteiger partial charge in [0.05, 0.1) is 13.2 Å². The van der Waals surface area contributed by atoms with Crippen LogP contribution in [0.1, 0.15) is 13.3 Å². The minimum atomic E-state index is -1.56. The van der Waals surface area contributed by atoms with Crippen molar-refractivity contribution in [3.63, 3.8) is 0 Å². The number of hydrogen-bond acceptors (Lipinski definition) is 3. The predicted octanol–water partition coefficient (Wildman–Crippen LogP) is 1.54. The first-order valence-electron chi connectivity index (χ1n) is 5.13. The van der Waals surface area contributed by atoms with Crippen LogP contribution in [0.3, 0.4) is 0 Å². The number of rotatable bonds is 9. The summed E-state index contributed by atoms with van der Waals surface area (Å²) in [7, 11) is 3.34. The first-order valence-corrected chi connectivity index (χ1v) is 5.13. The highest BCUT2D eigenvalue weighted by molar-refractivity contribution is 5.10. The van der Waals surface area contributed by atoms with Gasteiger partial charge in [-0.15, -0.1) is 0 Å². The number of nitrogens with one attached hydrogen (secondary N) is 1. The lowest BCUT2D eigenvalue weighted by Crippen LogP contribution is -2.36. The van der Waals surface area contributed by atoms with Gasteiger partial charge in [0.25, 0.3) is 0 Å². The van der Waals surface area contributed by atoms with Gasteiger partial charge in [0.2, 0.25) is 0 Å². The normalized spacial score (nSPS) is 14.9. The average Bonchev–Trinajstić information content (AvgIpc) is 2.18. The van der Waals surface area contributed by atoms with Gasteiger partial charge in [-0.2, -0.15) is 0 Å². The Morgan fingerprint density at radius 1 is 1.47 bits per heavy atom. The smallest absolute Gasteiger partial charge is 0.177 e. The van der Waals surface area contributed by atoms with E-state index in [-0.39, 0.29) is 13.2 Å². The molecule has 0 aliphatic heterocycles. The van der Waals surface area contributed by atoms with E-state index in [9.17, 15) is 4.39 Å². The van der Waals surface area contributed by atoms with Crippen molar-refractivity contribution in [2.24, 2.45) is 0 Å². The van der Waals surface area contributed by atoms with Crippen molar-refractivity contribution in [3.8, 4) is 0 Å². The van der Waals surface area contributed by atoms with Crippen LogP contribution in [0.2, 0.25) is 0 Å². The molecule has 0 rings (SSSR count). The van der Waals surface area contributed by atoms with Crippen LogP contribution in [-0.2, 0) is 9.47 Å². The van der Waals surface area contributed by atoms with E-state index in [2.05, 4.69) is 11.9 Å². The zero-order valence-corrected chi connectivity index (χ0v) is 9.94. The molecule has 0 aromatic heterocycles. The van der Waals surface area contributed by atoms with Crippen molar-refractivity contribution in [2.75, 3.05) is 40.5 Å². The van der Waals surface area contributed by atoms with E-state index in [0.29, 0.717) is 12.2 Å². The maximum atomic E-state index is 14.1. The quantitative estimate of drug-likeness (QED) is 0.471. The summed E-state index contributed by atoms with van der Waals surface area (Å²) >= 11 is 0. The molecule has 0 fully saturated rings. The summed E-state index contributed by atoms with van der Waals surface area (Å²) in [5, 5.41) is 3.00. The summed E-state index contributed by atoms with van der Waals surface area (Å²) < 4.78 is 24.1. The maximum Gasteiger partial charge on any atom is 0.177 e. The second-order valence-corrected chi connectivity index (χ2v) is 3.69. The molecule has 0 saturated heterocycles. The third-order valence-corrected chi connectivity index (χ3v) is 2.18. The zero-order valence-electron chi connectivity index (χ0n) is 9.94. The Balaban J connectivity index is 3.81. The lowest BCUT2D eigenvalue weighted by atomic mass is 10.0. The third-order valence-electron chi connectivity index (χ3n) is 2.18. The van der Waals surface area contributed by atoms with Crippen molar-refractivity contribution >= 4 is 0 Å². The first kappa shape index (κ1) is 14.6. The molecule has 0 saturated carbocycles. The highest BCUT2D eigenvalue weighted by atomic mass is 19.1. The number of ether oxygens (including phenoxy) is 2. The van der Waals surface area contributed by atoms with E-state index in [1.54, 1.807) is 6.92 Å². The van der Waals surface area contributed by atoms with Crippen molar-refractivity contribution in [3.05, 3.63) is 12.2 Å². The van der Waals surface area contributed by atoms with Crippen molar-refractivity contribution in [1.29, 1.82) is 0 Å². The largest absolute Gasteiger partial charge is 0.381 e. The van der Waals surface area contributed by atoms with Gasteiger partial charge in [-0.1, -0.05) is 6.58 Å². The fourth-order valence-electron chi connectivity index (χ4n) is 1.10. The second-order valence-electron chi connectivity index (χ2n) is 3.69. The third kappa shape index (κ3) is 5.87. The Morgan fingerprint density at radius 3 is 2.60 bits per heavy atom. The highest BCUT2D eigenvalue weighted by Crippen LogP contribution is 2.21. The number of hydrogen-bond donors (Lipinski definition) is 1. The Morgan fingerprint density at radius 2 is 2.13 bits per heavy atom.